The molecule has 24 heavy (non-hydrogen) atoms. The lowest BCUT2D eigenvalue weighted by molar-refractivity contribution is -0.385. The van der Waals surface area contributed by atoms with Gasteiger partial charge in [0.05, 0.1) is 17.6 Å². The number of nitrogens with zero attached hydrogens (tertiary/aromatic N) is 6. The molecule has 3 heterocycles. The first kappa shape index (κ1) is 16.3. The van der Waals surface area contributed by atoms with Gasteiger partial charge in [-0.15, -0.1) is 0 Å². The summed E-state index contributed by atoms with van der Waals surface area (Å²) in [4.78, 5) is 18.7. The van der Waals surface area contributed by atoms with Gasteiger partial charge < -0.3 is 10.0 Å². The molecule has 9 nitrogen and oxygen atoms in total. The van der Waals surface area contributed by atoms with E-state index in [-0.39, 0.29) is 5.69 Å². The molecule has 0 amide bonds. The average Bonchev–Trinajstić information content (AvgIpc) is 3.08. The molecule has 0 spiro atoms. The van der Waals surface area contributed by atoms with E-state index < -0.39 is 11.0 Å². The summed E-state index contributed by atoms with van der Waals surface area (Å²) in [6.45, 7) is 4.26. The Hall–Kier alpha value is -2.52. The van der Waals surface area contributed by atoms with Crippen LogP contribution >= 0.6 is 0 Å². The number of aromatic nitrogens is 3. The van der Waals surface area contributed by atoms with Gasteiger partial charge in [-0.2, -0.15) is 5.10 Å². The molecule has 1 fully saturated rings. The van der Waals surface area contributed by atoms with E-state index in [9.17, 15) is 15.2 Å². The Kier molecular flexibility index (Phi) is 5.02. The molecule has 0 aliphatic carbocycles. The summed E-state index contributed by atoms with van der Waals surface area (Å²) in [5, 5.41) is 24.9. The summed E-state index contributed by atoms with van der Waals surface area (Å²) in [6.07, 6.45) is 4.36. The zero-order chi connectivity index (χ0) is 16.9. The maximum atomic E-state index is 10.7. The van der Waals surface area contributed by atoms with Crippen LogP contribution in [-0.4, -0.2) is 68.5 Å². The third-order valence-corrected chi connectivity index (χ3v) is 4.07. The lowest BCUT2D eigenvalue weighted by atomic mass is 10.2. The van der Waals surface area contributed by atoms with Crippen LogP contribution in [0.3, 0.4) is 0 Å². The highest BCUT2D eigenvalue weighted by atomic mass is 16.6. The van der Waals surface area contributed by atoms with Crippen molar-refractivity contribution in [3.05, 3.63) is 46.9 Å². The Morgan fingerprint density at radius 2 is 2.04 bits per heavy atom. The first-order valence-corrected chi connectivity index (χ1v) is 7.85. The number of pyridine rings is 1. The van der Waals surface area contributed by atoms with Crippen LogP contribution < -0.4 is 4.90 Å². The van der Waals surface area contributed by atoms with E-state index in [4.69, 9.17) is 0 Å². The van der Waals surface area contributed by atoms with Crippen molar-refractivity contribution in [3.63, 3.8) is 0 Å². The van der Waals surface area contributed by atoms with Crippen LogP contribution in [0.2, 0.25) is 0 Å². The van der Waals surface area contributed by atoms with E-state index in [1.54, 1.807) is 16.9 Å². The van der Waals surface area contributed by atoms with Crippen LogP contribution in [0.1, 0.15) is 0 Å². The van der Waals surface area contributed by atoms with E-state index in [1.807, 2.05) is 12.3 Å². The fraction of sp³-hybridized carbons (Fsp3) is 0.467. The first-order valence-electron chi connectivity index (χ1n) is 7.85. The van der Waals surface area contributed by atoms with Crippen molar-refractivity contribution < 1.29 is 10.0 Å². The number of hydrogen-bond acceptors (Lipinski definition) is 7. The van der Waals surface area contributed by atoms with E-state index in [0.717, 1.165) is 32.0 Å². The molecule has 0 radical (unpaired) electrons. The smallest absolute Gasteiger partial charge is 0.287 e. The van der Waals surface area contributed by atoms with Gasteiger partial charge >= 0.3 is 0 Å². The van der Waals surface area contributed by atoms with E-state index in [0.29, 0.717) is 13.1 Å². The first-order chi connectivity index (χ1) is 11.6. The predicted octanol–water partition coefficient (Wildman–Crippen LogP) is 0.369. The van der Waals surface area contributed by atoms with Gasteiger partial charge in [0.2, 0.25) is 0 Å². The van der Waals surface area contributed by atoms with Gasteiger partial charge in [0.25, 0.3) is 5.69 Å². The number of anilines is 1. The highest BCUT2D eigenvalue weighted by molar-refractivity contribution is 5.43. The van der Waals surface area contributed by atoms with E-state index in [1.165, 1.54) is 12.3 Å². The Morgan fingerprint density at radius 3 is 2.62 bits per heavy atom. The SMILES string of the molecule is O=[N+]([O-])c1ccc(N2CCN(C[C@@H](O)Cn3cccn3)CC2)nc1. The fourth-order valence-corrected chi connectivity index (χ4v) is 2.81. The molecule has 0 aromatic carbocycles. The average molecular weight is 332 g/mol. The van der Waals surface area contributed by atoms with Gasteiger partial charge in [0.15, 0.2) is 0 Å². The van der Waals surface area contributed by atoms with Crippen molar-refractivity contribution in [2.24, 2.45) is 0 Å². The van der Waals surface area contributed by atoms with Gasteiger partial charge in [0.1, 0.15) is 12.0 Å². The molecular weight excluding hydrogens is 312 g/mol. The molecule has 0 bridgehead atoms. The van der Waals surface area contributed by atoms with E-state index in [2.05, 4.69) is 19.9 Å². The number of aliphatic hydroxyl groups excluding tert-OH is 1. The second-order valence-electron chi connectivity index (χ2n) is 5.80. The molecule has 1 aliphatic heterocycles. The van der Waals surface area contributed by atoms with E-state index >= 15 is 0 Å². The molecule has 2 aromatic heterocycles. The number of aliphatic hydroxyl groups is 1. The second-order valence-corrected chi connectivity index (χ2v) is 5.80. The standard InChI is InChI=1S/C15H20N6O3/c22-14(12-20-5-1-4-17-20)11-18-6-8-19(9-7-18)15-3-2-13(10-16-15)21(23)24/h1-5,10,14,22H,6-9,11-12H2/t14-/m1/s1. The predicted molar refractivity (Wildman–Crippen MR) is 87.8 cm³/mol. The fourth-order valence-electron chi connectivity index (χ4n) is 2.81. The summed E-state index contributed by atoms with van der Waals surface area (Å²) < 4.78 is 1.72. The normalized spacial score (nSPS) is 17.0. The van der Waals surface area contributed by atoms with Crippen molar-refractivity contribution in [2.45, 2.75) is 12.6 Å². The highest BCUT2D eigenvalue weighted by Gasteiger charge is 2.20. The Bertz CT molecular complexity index is 652. The molecule has 128 valence electrons. The quantitative estimate of drug-likeness (QED) is 0.602. The van der Waals surface area contributed by atoms with Gasteiger partial charge in [-0.1, -0.05) is 0 Å². The zero-order valence-electron chi connectivity index (χ0n) is 13.2. The summed E-state index contributed by atoms with van der Waals surface area (Å²) in [6, 6.07) is 4.99. The minimum atomic E-state index is -0.464. The Labute approximate surface area is 139 Å². The van der Waals surface area contributed by atoms with Crippen molar-refractivity contribution in [1.29, 1.82) is 0 Å². The molecule has 1 atom stereocenters. The topological polar surface area (TPSA) is 101 Å². The van der Waals surface area contributed by atoms with Crippen LogP contribution in [0.25, 0.3) is 0 Å². The van der Waals surface area contributed by atoms with Crippen LogP contribution in [0, 0.1) is 10.1 Å². The largest absolute Gasteiger partial charge is 0.390 e. The van der Waals surface area contributed by atoms with Gasteiger partial charge in [0, 0.05) is 51.2 Å². The molecule has 3 rings (SSSR count). The summed E-state index contributed by atoms with van der Waals surface area (Å²) in [5.41, 5.74) is -0.000806. The zero-order valence-corrected chi connectivity index (χ0v) is 13.2. The Morgan fingerprint density at radius 1 is 1.25 bits per heavy atom. The van der Waals surface area contributed by atoms with Crippen LogP contribution in [0.4, 0.5) is 11.5 Å². The molecule has 1 N–H and O–H groups in total. The number of β-amino-alcohol motifs (C(OH)–C–C–N with tert-alkyl or cyclic N) is 1. The molecule has 0 unspecified atom stereocenters. The van der Waals surface area contributed by atoms with Crippen molar-refractivity contribution in [2.75, 3.05) is 37.6 Å². The summed E-state index contributed by atoms with van der Waals surface area (Å²) in [5.74, 6) is 0.748. The molecule has 1 saturated heterocycles. The maximum absolute atomic E-state index is 10.7. The number of nitro groups is 1. The highest BCUT2D eigenvalue weighted by Crippen LogP contribution is 2.17. The van der Waals surface area contributed by atoms with Crippen LogP contribution in [0.15, 0.2) is 36.8 Å². The Balaban J connectivity index is 1.47. The lowest BCUT2D eigenvalue weighted by Crippen LogP contribution is -2.49. The molecular formula is C15H20N6O3. The van der Waals surface area contributed by atoms with Crippen LogP contribution in [-0.2, 0) is 6.54 Å². The van der Waals surface area contributed by atoms with Gasteiger partial charge in [-0.05, 0) is 12.1 Å². The number of rotatable bonds is 6. The van der Waals surface area contributed by atoms with Crippen molar-refractivity contribution in [1.82, 2.24) is 19.7 Å². The minimum absolute atomic E-state index is 0.000806. The van der Waals surface area contributed by atoms with Crippen molar-refractivity contribution >= 4 is 11.5 Å². The third-order valence-electron chi connectivity index (χ3n) is 4.07. The molecule has 0 saturated carbocycles. The number of hydrogen-bond donors (Lipinski definition) is 1. The van der Waals surface area contributed by atoms with Gasteiger partial charge in [-0.25, -0.2) is 4.98 Å². The van der Waals surface area contributed by atoms with Crippen LogP contribution in [0.5, 0.6) is 0 Å². The summed E-state index contributed by atoms with van der Waals surface area (Å²) >= 11 is 0. The monoisotopic (exact) mass is 332 g/mol. The van der Waals surface area contributed by atoms with Crippen molar-refractivity contribution in [3.8, 4) is 0 Å². The minimum Gasteiger partial charge on any atom is -0.390 e. The summed E-state index contributed by atoms with van der Waals surface area (Å²) in [7, 11) is 0. The second kappa shape index (κ2) is 7.37. The molecule has 9 heteroatoms. The van der Waals surface area contributed by atoms with Gasteiger partial charge in [-0.3, -0.25) is 19.7 Å². The molecule has 1 aliphatic rings. The maximum Gasteiger partial charge on any atom is 0.287 e. The lowest BCUT2D eigenvalue weighted by Gasteiger charge is -2.36. The number of piperazine rings is 1. The molecule has 2 aromatic rings. The third kappa shape index (κ3) is 4.06.